The van der Waals surface area contributed by atoms with E-state index < -0.39 is 16.7 Å². The minimum absolute atomic E-state index is 0.110. The zero-order chi connectivity index (χ0) is 17.3. The van der Waals surface area contributed by atoms with Gasteiger partial charge in [0.15, 0.2) is 0 Å². The number of pyridine rings is 1. The van der Waals surface area contributed by atoms with Crippen LogP contribution in [0.25, 0.3) is 21.9 Å². The van der Waals surface area contributed by atoms with Gasteiger partial charge in [0.25, 0.3) is 5.56 Å². The van der Waals surface area contributed by atoms with Gasteiger partial charge in [0.05, 0.1) is 0 Å². The quantitative estimate of drug-likeness (QED) is 0.710. The van der Waals surface area contributed by atoms with Crippen molar-refractivity contribution in [3.05, 3.63) is 70.4 Å². The molecule has 1 aromatic heterocycles. The van der Waals surface area contributed by atoms with Crippen LogP contribution < -0.4 is 10.3 Å². The van der Waals surface area contributed by atoms with Crippen LogP contribution in [0.15, 0.2) is 53.5 Å². The summed E-state index contributed by atoms with van der Waals surface area (Å²) >= 11 is 0. The van der Waals surface area contributed by atoms with Crippen molar-refractivity contribution in [2.24, 2.45) is 7.05 Å². The standard InChI is InChI=1S/C17H15FN2O3S/c1-20-10-15(13-4-2-3-5-14(13)17(20)21)11-6-7-16(18)12(8-11)9-19-24(22)23/h2-8,10,24H,9H2,1H3,(H,19,22,23). The lowest BCUT2D eigenvalue weighted by Gasteiger charge is -2.11. The lowest BCUT2D eigenvalue weighted by molar-refractivity contribution is 0.590. The van der Waals surface area contributed by atoms with Gasteiger partial charge in [0, 0.05) is 36.3 Å². The van der Waals surface area contributed by atoms with Gasteiger partial charge in [-0.1, -0.05) is 24.3 Å². The molecule has 0 bridgehead atoms. The Morgan fingerprint density at radius 1 is 1.12 bits per heavy atom. The maximum atomic E-state index is 13.9. The molecule has 7 heteroatoms. The van der Waals surface area contributed by atoms with Crippen molar-refractivity contribution in [1.82, 2.24) is 9.29 Å². The predicted molar refractivity (Wildman–Crippen MR) is 91.7 cm³/mol. The van der Waals surface area contributed by atoms with E-state index in [2.05, 4.69) is 4.72 Å². The normalized spacial score (nSPS) is 11.3. The maximum absolute atomic E-state index is 13.9. The zero-order valence-corrected chi connectivity index (χ0v) is 13.7. The number of hydrogen-bond acceptors (Lipinski definition) is 3. The molecule has 1 N–H and O–H groups in total. The number of halogens is 1. The number of thiol groups is 1. The van der Waals surface area contributed by atoms with E-state index in [4.69, 9.17) is 0 Å². The molecular weight excluding hydrogens is 331 g/mol. The molecule has 0 aliphatic carbocycles. The van der Waals surface area contributed by atoms with Crippen LogP contribution in [0.5, 0.6) is 0 Å². The van der Waals surface area contributed by atoms with E-state index in [1.54, 1.807) is 37.5 Å². The fraction of sp³-hybridized carbons (Fsp3) is 0.118. The van der Waals surface area contributed by atoms with Crippen LogP contribution in [0.3, 0.4) is 0 Å². The molecule has 3 rings (SSSR count). The molecule has 0 amide bonds. The van der Waals surface area contributed by atoms with Gasteiger partial charge in [-0.15, -0.1) is 0 Å². The highest BCUT2D eigenvalue weighted by Crippen LogP contribution is 2.28. The highest BCUT2D eigenvalue weighted by molar-refractivity contribution is 7.70. The summed E-state index contributed by atoms with van der Waals surface area (Å²) < 4.78 is 38.9. The Kier molecular flexibility index (Phi) is 4.46. The summed E-state index contributed by atoms with van der Waals surface area (Å²) in [5.74, 6) is -0.489. The SMILES string of the molecule is Cn1cc(-c2ccc(F)c(CN[SH](=O)=O)c2)c2ccccc2c1=O. The first kappa shape index (κ1) is 16.4. The van der Waals surface area contributed by atoms with Crippen molar-refractivity contribution in [1.29, 1.82) is 0 Å². The van der Waals surface area contributed by atoms with Crippen molar-refractivity contribution >= 4 is 21.7 Å². The molecule has 5 nitrogen and oxygen atoms in total. The topological polar surface area (TPSA) is 68.2 Å². The number of rotatable bonds is 4. The third kappa shape index (κ3) is 3.08. The molecule has 0 saturated heterocycles. The van der Waals surface area contributed by atoms with E-state index in [1.807, 2.05) is 12.1 Å². The van der Waals surface area contributed by atoms with Crippen LogP contribution in [-0.4, -0.2) is 13.0 Å². The van der Waals surface area contributed by atoms with E-state index in [-0.39, 0.29) is 17.7 Å². The first-order valence-electron chi connectivity index (χ1n) is 7.22. The van der Waals surface area contributed by atoms with E-state index in [0.717, 1.165) is 10.9 Å². The van der Waals surface area contributed by atoms with E-state index in [9.17, 15) is 17.6 Å². The van der Waals surface area contributed by atoms with Crippen LogP contribution in [0.4, 0.5) is 4.39 Å². The average Bonchev–Trinajstić information content (AvgIpc) is 2.57. The van der Waals surface area contributed by atoms with Crippen LogP contribution in [0, 0.1) is 5.82 Å². The second-order valence-corrected chi connectivity index (χ2v) is 6.23. The molecule has 24 heavy (non-hydrogen) atoms. The van der Waals surface area contributed by atoms with Crippen LogP contribution in [0.1, 0.15) is 5.56 Å². The summed E-state index contributed by atoms with van der Waals surface area (Å²) in [5, 5.41) is 1.34. The molecule has 0 unspecified atom stereocenters. The Balaban J connectivity index is 2.19. The Labute approximate surface area is 139 Å². The van der Waals surface area contributed by atoms with Gasteiger partial charge in [-0.3, -0.25) is 4.79 Å². The first-order valence-corrected chi connectivity index (χ1v) is 8.40. The summed E-state index contributed by atoms with van der Waals surface area (Å²) in [5.41, 5.74) is 1.62. The average molecular weight is 346 g/mol. The van der Waals surface area contributed by atoms with Crippen LogP contribution in [-0.2, 0) is 24.5 Å². The molecule has 0 fully saturated rings. The van der Waals surface area contributed by atoms with Crippen molar-refractivity contribution in [2.75, 3.05) is 0 Å². The van der Waals surface area contributed by atoms with E-state index in [0.29, 0.717) is 10.9 Å². The first-order chi connectivity index (χ1) is 11.5. The summed E-state index contributed by atoms with van der Waals surface area (Å²) in [6.45, 7) is -0.123. The van der Waals surface area contributed by atoms with Crippen LogP contribution in [0.2, 0.25) is 0 Å². The van der Waals surface area contributed by atoms with Gasteiger partial charge in [-0.25, -0.2) is 17.5 Å². The van der Waals surface area contributed by atoms with Gasteiger partial charge in [-0.05, 0) is 29.1 Å². The predicted octanol–water partition coefficient (Wildman–Crippen LogP) is 1.96. The van der Waals surface area contributed by atoms with Crippen molar-refractivity contribution in [3.63, 3.8) is 0 Å². The number of nitrogens with one attached hydrogen (secondary N) is 1. The number of hydrogen-bond donors (Lipinski definition) is 2. The van der Waals surface area contributed by atoms with Gasteiger partial charge in [-0.2, -0.15) is 0 Å². The molecular formula is C17H15FN2O3S. The highest BCUT2D eigenvalue weighted by Gasteiger charge is 2.11. The molecule has 3 aromatic rings. The summed E-state index contributed by atoms with van der Waals surface area (Å²) in [6, 6.07) is 11.7. The molecule has 2 aromatic carbocycles. The van der Waals surface area contributed by atoms with Crippen molar-refractivity contribution < 1.29 is 12.8 Å². The zero-order valence-electron chi connectivity index (χ0n) is 12.8. The van der Waals surface area contributed by atoms with Gasteiger partial charge in [0.2, 0.25) is 10.9 Å². The Morgan fingerprint density at radius 2 is 1.83 bits per heavy atom. The number of fused-ring (bicyclic) bond motifs is 1. The fourth-order valence-corrected chi connectivity index (χ4v) is 2.97. The number of aromatic nitrogens is 1. The molecule has 0 saturated carbocycles. The Bertz CT molecular complexity index is 1050. The van der Waals surface area contributed by atoms with Crippen molar-refractivity contribution in [2.45, 2.75) is 6.54 Å². The molecule has 0 radical (unpaired) electrons. The largest absolute Gasteiger partial charge is 0.317 e. The summed E-state index contributed by atoms with van der Waals surface area (Å²) in [6.07, 6.45) is 1.70. The highest BCUT2D eigenvalue weighted by atomic mass is 32.2. The minimum atomic E-state index is -2.80. The van der Waals surface area contributed by atoms with E-state index >= 15 is 0 Å². The number of aryl methyl sites for hydroxylation is 1. The molecule has 0 aliphatic heterocycles. The van der Waals surface area contributed by atoms with Gasteiger partial charge in [0.1, 0.15) is 5.82 Å². The Morgan fingerprint density at radius 3 is 2.54 bits per heavy atom. The molecule has 0 aliphatic rings. The molecule has 124 valence electrons. The summed E-state index contributed by atoms with van der Waals surface area (Å²) in [4.78, 5) is 12.2. The number of benzene rings is 2. The second-order valence-electron chi connectivity index (χ2n) is 5.40. The lowest BCUT2D eigenvalue weighted by atomic mass is 9.99. The second kappa shape index (κ2) is 6.54. The molecule has 0 spiro atoms. The minimum Gasteiger partial charge on any atom is -0.317 e. The fourth-order valence-electron chi connectivity index (χ4n) is 2.67. The third-order valence-electron chi connectivity index (χ3n) is 3.85. The van der Waals surface area contributed by atoms with Crippen LogP contribution >= 0.6 is 0 Å². The number of nitrogens with zero attached hydrogens (tertiary/aromatic N) is 1. The molecule has 0 atom stereocenters. The molecule has 1 heterocycles. The third-order valence-corrected chi connectivity index (χ3v) is 4.26. The lowest BCUT2D eigenvalue weighted by Crippen LogP contribution is -2.16. The maximum Gasteiger partial charge on any atom is 0.258 e. The van der Waals surface area contributed by atoms with Gasteiger partial charge < -0.3 is 4.57 Å². The van der Waals surface area contributed by atoms with Crippen molar-refractivity contribution in [3.8, 4) is 11.1 Å². The Hall–Kier alpha value is -2.51. The summed E-state index contributed by atoms with van der Waals surface area (Å²) in [7, 11) is -1.14. The van der Waals surface area contributed by atoms with E-state index in [1.165, 1.54) is 10.6 Å². The van der Waals surface area contributed by atoms with Gasteiger partial charge >= 0.3 is 0 Å². The smallest absolute Gasteiger partial charge is 0.258 e. The monoisotopic (exact) mass is 346 g/mol.